The monoisotopic (exact) mass is 762 g/mol. The lowest BCUT2D eigenvalue weighted by Crippen LogP contribution is -2.51. The van der Waals surface area contributed by atoms with Crippen LogP contribution in [0, 0.1) is 6.92 Å². The van der Waals surface area contributed by atoms with Crippen LogP contribution < -0.4 is 20.1 Å². The van der Waals surface area contributed by atoms with Crippen molar-refractivity contribution in [1.82, 2.24) is 20.4 Å². The summed E-state index contributed by atoms with van der Waals surface area (Å²) in [5.41, 5.74) is 5.72. The molecule has 0 aromatic heterocycles. The molecule has 2 amide bonds. The van der Waals surface area contributed by atoms with E-state index in [1.807, 2.05) is 121 Å². The number of carbonyl (C=O) groups is 3. The zero-order chi connectivity index (χ0) is 38.1. The molecule has 2 N–H and O–H groups in total. The second-order valence-electron chi connectivity index (χ2n) is 14.4. The maximum absolute atomic E-state index is 13.3. The highest BCUT2D eigenvalue weighted by molar-refractivity contribution is 8.00. The van der Waals surface area contributed by atoms with Crippen molar-refractivity contribution in [3.05, 3.63) is 119 Å². The molecule has 3 heterocycles. The molecular formula is C44H50N4O6S. The second-order valence-corrected chi connectivity index (χ2v) is 15.6. The summed E-state index contributed by atoms with van der Waals surface area (Å²) in [6, 6.07) is 31.6. The molecule has 0 aliphatic carbocycles. The predicted octanol–water partition coefficient (Wildman–Crippen LogP) is 6.67. The first kappa shape index (κ1) is 38.4. The predicted molar refractivity (Wildman–Crippen MR) is 215 cm³/mol. The number of aryl methyl sites for hydroxylation is 1. The normalized spacial score (nSPS) is 19.2. The standard InChI is InChI=1S/C44H50N4O6S/c1-3-52-43(51)40-29-55-44(46-40)45-36-20-24-47(25-21-36)42(50)35-12-10-32(11-13-35)33-14-18-37(19-15-33)53-28-31-6-16-38(17-7-31)54-39-22-26-48(27-23-39)41(49)34-8-4-30(2)5-9-34/h4-19,36,39-40,44-46H,3,20-29H2,1-2H3. The third-order valence-corrected chi connectivity index (χ3v) is 11.6. The largest absolute Gasteiger partial charge is 0.490 e. The zero-order valence-corrected chi connectivity index (χ0v) is 32.4. The summed E-state index contributed by atoms with van der Waals surface area (Å²) in [4.78, 5) is 42.0. The van der Waals surface area contributed by atoms with Gasteiger partial charge < -0.3 is 24.0 Å². The maximum Gasteiger partial charge on any atom is 0.324 e. The van der Waals surface area contributed by atoms with Crippen molar-refractivity contribution >= 4 is 29.5 Å². The van der Waals surface area contributed by atoms with E-state index >= 15 is 0 Å². The Morgan fingerprint density at radius 1 is 0.727 bits per heavy atom. The Bertz CT molecular complexity index is 1890. The van der Waals surface area contributed by atoms with Crippen molar-refractivity contribution in [2.45, 2.75) is 69.8 Å². The van der Waals surface area contributed by atoms with Crippen LogP contribution in [0.5, 0.6) is 11.5 Å². The van der Waals surface area contributed by atoms with Crippen LogP contribution in [-0.2, 0) is 16.1 Å². The van der Waals surface area contributed by atoms with E-state index < -0.39 is 0 Å². The fraction of sp³-hybridized carbons (Fsp3) is 0.386. The average molecular weight is 763 g/mol. The molecular weight excluding hydrogens is 713 g/mol. The van der Waals surface area contributed by atoms with Crippen molar-refractivity contribution in [2.24, 2.45) is 0 Å². The van der Waals surface area contributed by atoms with Gasteiger partial charge in [-0.25, -0.2) is 0 Å². The summed E-state index contributed by atoms with van der Waals surface area (Å²) in [6.07, 6.45) is 3.42. The van der Waals surface area contributed by atoms with Crippen molar-refractivity contribution in [1.29, 1.82) is 0 Å². The van der Waals surface area contributed by atoms with E-state index in [1.165, 1.54) is 0 Å². The lowest BCUT2D eigenvalue weighted by molar-refractivity contribution is -0.144. The number of thioether (sulfide) groups is 1. The SMILES string of the molecule is CCOC(=O)C1CSC(NC2CCN(C(=O)c3ccc(-c4ccc(OCc5ccc(OC6CCN(C(=O)c7ccc(C)cc7)CC6)cc5)cc4)cc3)CC2)N1. The molecule has 0 saturated carbocycles. The Balaban J connectivity index is 0.815. The molecule has 288 valence electrons. The van der Waals surface area contributed by atoms with Gasteiger partial charge in [0.15, 0.2) is 0 Å². The van der Waals surface area contributed by atoms with Crippen LogP contribution in [0.15, 0.2) is 97.1 Å². The van der Waals surface area contributed by atoms with Crippen LogP contribution in [-0.4, -0.2) is 89.8 Å². The Hall–Kier alpha value is -4.84. The van der Waals surface area contributed by atoms with Crippen LogP contribution in [0.25, 0.3) is 11.1 Å². The molecule has 55 heavy (non-hydrogen) atoms. The first-order valence-corrected chi connectivity index (χ1v) is 20.4. The number of esters is 1. The van der Waals surface area contributed by atoms with Crippen molar-refractivity contribution in [3.8, 4) is 22.6 Å². The fourth-order valence-corrected chi connectivity index (χ4v) is 8.39. The summed E-state index contributed by atoms with van der Waals surface area (Å²) in [5.74, 6) is 2.24. The maximum atomic E-state index is 13.3. The number of ether oxygens (including phenoxy) is 3. The fourth-order valence-electron chi connectivity index (χ4n) is 7.22. The molecule has 3 aliphatic heterocycles. The van der Waals surface area contributed by atoms with Crippen LogP contribution in [0.2, 0.25) is 0 Å². The highest BCUT2D eigenvalue weighted by Crippen LogP contribution is 2.26. The van der Waals surface area contributed by atoms with Crippen LogP contribution in [0.1, 0.15) is 64.4 Å². The Morgan fingerprint density at radius 2 is 1.27 bits per heavy atom. The lowest BCUT2D eigenvalue weighted by atomic mass is 10.0. The van der Waals surface area contributed by atoms with Gasteiger partial charge in [-0.15, -0.1) is 11.8 Å². The van der Waals surface area contributed by atoms with E-state index in [4.69, 9.17) is 14.2 Å². The van der Waals surface area contributed by atoms with Gasteiger partial charge in [0.05, 0.1) is 6.61 Å². The van der Waals surface area contributed by atoms with Crippen LogP contribution >= 0.6 is 11.8 Å². The Morgan fingerprint density at radius 3 is 1.87 bits per heavy atom. The molecule has 11 heteroatoms. The molecule has 10 nitrogen and oxygen atoms in total. The summed E-state index contributed by atoms with van der Waals surface area (Å²) >= 11 is 1.69. The number of hydrogen-bond acceptors (Lipinski definition) is 9. The van der Waals surface area contributed by atoms with E-state index in [1.54, 1.807) is 11.8 Å². The summed E-state index contributed by atoms with van der Waals surface area (Å²) in [6.45, 7) is 7.42. The molecule has 3 saturated heterocycles. The first-order chi connectivity index (χ1) is 26.8. The van der Waals surface area contributed by atoms with Gasteiger partial charge in [-0.2, -0.15) is 0 Å². The minimum absolute atomic E-state index is 0.0132. The number of nitrogens with one attached hydrogen (secondary N) is 2. The number of benzene rings is 4. The van der Waals surface area contributed by atoms with E-state index in [-0.39, 0.29) is 41.5 Å². The number of rotatable bonds is 12. The number of hydrogen-bond donors (Lipinski definition) is 2. The number of carbonyl (C=O) groups excluding carboxylic acids is 3. The van der Waals surface area contributed by atoms with E-state index in [0.29, 0.717) is 50.7 Å². The summed E-state index contributed by atoms with van der Waals surface area (Å²) < 4.78 is 17.5. The highest BCUT2D eigenvalue weighted by Gasteiger charge is 2.33. The van der Waals surface area contributed by atoms with Crippen LogP contribution in [0.3, 0.4) is 0 Å². The molecule has 4 aromatic rings. The molecule has 2 atom stereocenters. The van der Waals surface area contributed by atoms with Crippen molar-refractivity contribution in [2.75, 3.05) is 38.5 Å². The molecule has 0 spiro atoms. The molecule has 0 bridgehead atoms. The molecule has 4 aromatic carbocycles. The third kappa shape index (κ3) is 10.1. The second kappa shape index (κ2) is 18.2. The van der Waals surface area contributed by atoms with Gasteiger partial charge >= 0.3 is 5.97 Å². The minimum atomic E-state index is -0.277. The molecule has 3 fully saturated rings. The molecule has 7 rings (SSSR count). The number of likely N-dealkylation sites (tertiary alicyclic amines) is 2. The topological polar surface area (TPSA) is 109 Å². The smallest absolute Gasteiger partial charge is 0.324 e. The first-order valence-electron chi connectivity index (χ1n) is 19.4. The highest BCUT2D eigenvalue weighted by atomic mass is 32.2. The number of amides is 2. The average Bonchev–Trinajstić information content (AvgIpc) is 3.70. The van der Waals surface area contributed by atoms with Gasteiger partial charge in [-0.05, 0) is 91.9 Å². The molecule has 0 radical (unpaired) electrons. The zero-order valence-electron chi connectivity index (χ0n) is 31.6. The lowest BCUT2D eigenvalue weighted by Gasteiger charge is -2.34. The number of piperidine rings is 2. The van der Waals surface area contributed by atoms with E-state index in [9.17, 15) is 14.4 Å². The Kier molecular flexibility index (Phi) is 12.7. The van der Waals surface area contributed by atoms with Crippen LogP contribution in [0.4, 0.5) is 0 Å². The number of nitrogens with zero attached hydrogens (tertiary/aromatic N) is 2. The van der Waals surface area contributed by atoms with Gasteiger partial charge in [-0.1, -0.05) is 54.1 Å². The van der Waals surface area contributed by atoms with Gasteiger partial charge in [-0.3, -0.25) is 25.0 Å². The third-order valence-electron chi connectivity index (χ3n) is 10.5. The van der Waals surface area contributed by atoms with E-state index in [2.05, 4.69) is 10.6 Å². The van der Waals surface area contributed by atoms with Crippen molar-refractivity contribution < 1.29 is 28.6 Å². The van der Waals surface area contributed by atoms with Gasteiger partial charge in [0.2, 0.25) is 0 Å². The van der Waals surface area contributed by atoms with Gasteiger partial charge in [0, 0.05) is 61.9 Å². The molecule has 2 unspecified atom stereocenters. The van der Waals surface area contributed by atoms with E-state index in [0.717, 1.165) is 65.0 Å². The van der Waals surface area contributed by atoms with Gasteiger partial charge in [0.1, 0.15) is 35.7 Å². The minimum Gasteiger partial charge on any atom is -0.490 e. The van der Waals surface area contributed by atoms with Gasteiger partial charge in [0.25, 0.3) is 11.8 Å². The summed E-state index contributed by atoms with van der Waals surface area (Å²) in [5, 5.41) is 6.91. The Labute approximate surface area is 327 Å². The quantitative estimate of drug-likeness (QED) is 0.153. The van der Waals surface area contributed by atoms with Crippen molar-refractivity contribution in [3.63, 3.8) is 0 Å². The molecule has 3 aliphatic rings. The summed E-state index contributed by atoms with van der Waals surface area (Å²) in [7, 11) is 0.